The van der Waals surface area contributed by atoms with Crippen molar-refractivity contribution in [1.29, 1.82) is 0 Å². The van der Waals surface area contributed by atoms with Crippen LogP contribution in [0.5, 0.6) is 5.75 Å². The summed E-state index contributed by atoms with van der Waals surface area (Å²) < 4.78 is 33.9. The number of methoxy groups -OCH3 is 1. The predicted octanol–water partition coefficient (Wildman–Crippen LogP) is 6.18. The van der Waals surface area contributed by atoms with Gasteiger partial charge in [0.25, 0.3) is 10.0 Å². The van der Waals surface area contributed by atoms with E-state index in [0.717, 1.165) is 4.31 Å². The minimum absolute atomic E-state index is 0.0547. The van der Waals surface area contributed by atoms with Crippen molar-refractivity contribution in [2.75, 3.05) is 18.0 Å². The summed E-state index contributed by atoms with van der Waals surface area (Å²) in [7, 11) is -2.78. The molecule has 0 aliphatic carbocycles. The Morgan fingerprint density at radius 2 is 1.61 bits per heavy atom. The molecule has 0 aromatic heterocycles. The van der Waals surface area contributed by atoms with Crippen molar-refractivity contribution in [1.82, 2.24) is 10.2 Å². The second-order valence-corrected chi connectivity index (χ2v) is 12.6. The molecule has 0 aliphatic heterocycles. The van der Waals surface area contributed by atoms with Crippen LogP contribution in [0, 0.1) is 0 Å². The molecule has 2 atom stereocenters. The van der Waals surface area contributed by atoms with Gasteiger partial charge < -0.3 is 15.0 Å². The third-order valence-corrected chi connectivity index (χ3v) is 9.16. The van der Waals surface area contributed by atoms with Gasteiger partial charge in [0.2, 0.25) is 11.8 Å². The number of hydrogen-bond donors (Lipinski definition) is 1. The third kappa shape index (κ3) is 8.29. The van der Waals surface area contributed by atoms with E-state index < -0.39 is 28.5 Å². The first kappa shape index (κ1) is 32.5. The van der Waals surface area contributed by atoms with Crippen molar-refractivity contribution in [3.8, 4) is 5.75 Å². The first-order valence-corrected chi connectivity index (χ1v) is 15.4. The highest BCUT2D eigenvalue weighted by atomic mass is 35.5. The lowest BCUT2D eigenvalue weighted by Crippen LogP contribution is -2.52. The number of rotatable bonds is 12. The maximum absolute atomic E-state index is 14.0. The van der Waals surface area contributed by atoms with Gasteiger partial charge in [-0.3, -0.25) is 13.9 Å². The molecule has 2 amide bonds. The molecule has 3 rings (SSSR count). The van der Waals surface area contributed by atoms with Crippen LogP contribution in [0.2, 0.25) is 15.1 Å². The van der Waals surface area contributed by atoms with Crippen LogP contribution >= 0.6 is 34.8 Å². The number of halogens is 3. The summed E-state index contributed by atoms with van der Waals surface area (Å²) in [5.41, 5.74) is 0.725. The molecule has 0 unspecified atom stereocenters. The lowest BCUT2D eigenvalue weighted by molar-refractivity contribution is -0.139. The van der Waals surface area contributed by atoms with Crippen molar-refractivity contribution in [3.63, 3.8) is 0 Å². The lowest BCUT2D eigenvalue weighted by Gasteiger charge is -2.32. The first-order chi connectivity index (χ1) is 19.4. The average molecular weight is 641 g/mol. The van der Waals surface area contributed by atoms with Crippen molar-refractivity contribution >= 4 is 62.3 Å². The Morgan fingerprint density at radius 1 is 0.951 bits per heavy atom. The highest BCUT2D eigenvalue weighted by Gasteiger charge is 2.33. The minimum Gasteiger partial charge on any atom is -0.497 e. The van der Waals surface area contributed by atoms with Gasteiger partial charge in [0.15, 0.2) is 0 Å². The van der Waals surface area contributed by atoms with E-state index >= 15 is 0 Å². The van der Waals surface area contributed by atoms with Gasteiger partial charge >= 0.3 is 0 Å². The number of anilines is 1. The molecule has 1 N–H and O–H groups in total. The zero-order valence-electron chi connectivity index (χ0n) is 23.1. The van der Waals surface area contributed by atoms with Gasteiger partial charge in [0.1, 0.15) is 18.3 Å². The van der Waals surface area contributed by atoms with E-state index in [0.29, 0.717) is 27.8 Å². The maximum atomic E-state index is 14.0. The van der Waals surface area contributed by atoms with E-state index in [1.54, 1.807) is 37.3 Å². The van der Waals surface area contributed by atoms with Crippen molar-refractivity contribution in [2.45, 2.75) is 50.7 Å². The van der Waals surface area contributed by atoms with E-state index in [-0.39, 0.29) is 34.1 Å². The van der Waals surface area contributed by atoms with Gasteiger partial charge in [-0.2, -0.15) is 0 Å². The summed E-state index contributed by atoms with van der Waals surface area (Å²) in [6, 6.07) is 15.7. The Labute approximate surface area is 256 Å². The van der Waals surface area contributed by atoms with Crippen LogP contribution in [-0.2, 0) is 26.2 Å². The lowest BCUT2D eigenvalue weighted by atomic mass is 10.1. The van der Waals surface area contributed by atoms with E-state index in [1.807, 2.05) is 13.8 Å². The van der Waals surface area contributed by atoms with Crippen LogP contribution in [0.25, 0.3) is 0 Å². The van der Waals surface area contributed by atoms with Crippen molar-refractivity contribution in [2.24, 2.45) is 0 Å². The number of nitrogens with one attached hydrogen (secondary N) is 1. The Morgan fingerprint density at radius 3 is 2.20 bits per heavy atom. The van der Waals surface area contributed by atoms with Gasteiger partial charge in [-0.1, -0.05) is 53.9 Å². The normalized spacial score (nSPS) is 12.8. The topological polar surface area (TPSA) is 96.0 Å². The molecule has 0 radical (unpaired) electrons. The summed E-state index contributed by atoms with van der Waals surface area (Å²) in [4.78, 5) is 28.4. The Kier molecular flexibility index (Phi) is 11.3. The summed E-state index contributed by atoms with van der Waals surface area (Å²) in [5.74, 6) is -0.536. The Balaban J connectivity index is 2.05. The quantitative estimate of drug-likeness (QED) is 0.255. The van der Waals surface area contributed by atoms with Crippen LogP contribution in [0.1, 0.15) is 32.8 Å². The molecule has 0 fully saturated rings. The van der Waals surface area contributed by atoms with Crippen LogP contribution < -0.4 is 14.4 Å². The second kappa shape index (κ2) is 14.3. The summed E-state index contributed by atoms with van der Waals surface area (Å²) in [6.07, 6.45) is 0.693. The summed E-state index contributed by atoms with van der Waals surface area (Å²) in [5, 5.41) is 3.89. The third-order valence-electron chi connectivity index (χ3n) is 6.55. The van der Waals surface area contributed by atoms with E-state index in [2.05, 4.69) is 5.32 Å². The molecule has 12 heteroatoms. The van der Waals surface area contributed by atoms with Gasteiger partial charge in [0.05, 0.1) is 17.7 Å². The monoisotopic (exact) mass is 639 g/mol. The molecule has 0 heterocycles. The van der Waals surface area contributed by atoms with E-state index in [9.17, 15) is 18.0 Å². The number of amides is 2. The average Bonchev–Trinajstić information content (AvgIpc) is 2.94. The van der Waals surface area contributed by atoms with Gasteiger partial charge in [0, 0.05) is 27.7 Å². The molecule has 3 aromatic carbocycles. The molecule has 0 spiro atoms. The number of hydrogen-bond acceptors (Lipinski definition) is 5. The van der Waals surface area contributed by atoms with Gasteiger partial charge in [-0.05, 0) is 80.4 Å². The standard InChI is InChI=1S/C29H32Cl3N3O5S/c1-5-19(2)33-29(37)20(3)34(17-21-9-10-23(31)16-27(21)32)28(36)18-35(24-8-6-7-22(30)15-24)41(38,39)26-13-11-25(40-4)12-14-26/h6-16,19-20H,5,17-18H2,1-4H3,(H,33,37)/t19-,20+/m0/s1. The SMILES string of the molecule is CC[C@H](C)NC(=O)[C@@H](C)N(Cc1ccc(Cl)cc1Cl)C(=O)CN(c1cccc(Cl)c1)S(=O)(=O)c1ccc(OC)cc1. The number of carbonyl (C=O) groups is 2. The fraction of sp³-hybridized carbons (Fsp3) is 0.310. The number of sulfonamides is 1. The zero-order chi connectivity index (χ0) is 30.3. The fourth-order valence-corrected chi connectivity index (χ4v) is 5.98. The molecule has 0 saturated carbocycles. The molecular weight excluding hydrogens is 609 g/mol. The minimum atomic E-state index is -4.25. The predicted molar refractivity (Wildman–Crippen MR) is 163 cm³/mol. The Bertz CT molecular complexity index is 1490. The zero-order valence-corrected chi connectivity index (χ0v) is 26.2. The number of ether oxygens (including phenoxy) is 1. The molecule has 0 aliphatic rings. The van der Waals surface area contributed by atoms with Crippen molar-refractivity contribution < 1.29 is 22.7 Å². The molecule has 41 heavy (non-hydrogen) atoms. The van der Waals surface area contributed by atoms with Crippen LogP contribution in [0.3, 0.4) is 0 Å². The van der Waals surface area contributed by atoms with Gasteiger partial charge in [-0.25, -0.2) is 8.42 Å². The van der Waals surface area contributed by atoms with Crippen molar-refractivity contribution in [3.05, 3.63) is 87.4 Å². The highest BCUT2D eigenvalue weighted by molar-refractivity contribution is 7.92. The summed E-state index contributed by atoms with van der Waals surface area (Å²) >= 11 is 18.7. The van der Waals surface area contributed by atoms with Gasteiger partial charge in [-0.15, -0.1) is 0 Å². The first-order valence-electron chi connectivity index (χ1n) is 12.8. The molecule has 8 nitrogen and oxygen atoms in total. The molecule has 0 saturated heterocycles. The largest absolute Gasteiger partial charge is 0.497 e. The number of nitrogens with zero attached hydrogens (tertiary/aromatic N) is 2. The van der Waals surface area contributed by atoms with E-state index in [1.165, 1.54) is 48.4 Å². The fourth-order valence-electron chi connectivity index (χ4n) is 3.92. The molecular formula is C29H32Cl3N3O5S. The van der Waals surface area contributed by atoms with Crippen LogP contribution in [-0.4, -0.2) is 50.9 Å². The highest BCUT2D eigenvalue weighted by Crippen LogP contribution is 2.28. The maximum Gasteiger partial charge on any atom is 0.264 e. The second-order valence-electron chi connectivity index (χ2n) is 9.42. The van der Waals surface area contributed by atoms with Crippen LogP contribution in [0.4, 0.5) is 5.69 Å². The van der Waals surface area contributed by atoms with E-state index in [4.69, 9.17) is 39.5 Å². The molecule has 0 bridgehead atoms. The molecule has 220 valence electrons. The summed E-state index contributed by atoms with van der Waals surface area (Å²) in [6.45, 7) is 4.70. The number of benzene rings is 3. The number of carbonyl (C=O) groups excluding carboxylic acids is 2. The smallest absolute Gasteiger partial charge is 0.264 e. The molecule has 3 aromatic rings. The van der Waals surface area contributed by atoms with Crippen LogP contribution in [0.15, 0.2) is 71.6 Å². The Hall–Kier alpha value is -2.98.